The Morgan fingerprint density at radius 2 is 2.06 bits per heavy atom. The second-order valence-electron chi connectivity index (χ2n) is 5.44. The van der Waals surface area contributed by atoms with Crippen LogP contribution in [0.5, 0.6) is 0 Å². The Kier molecular flexibility index (Phi) is 3.62. The molecule has 0 aromatic carbocycles. The molecule has 1 N–H and O–H groups in total. The molecule has 2 rings (SSSR count). The predicted molar refractivity (Wildman–Crippen MR) is 69.1 cm³/mol. The minimum absolute atomic E-state index is 0.362. The molecule has 0 aromatic rings. The number of nitrogens with zero attached hydrogens (tertiary/aromatic N) is 2. The molecule has 1 heterocycles. The summed E-state index contributed by atoms with van der Waals surface area (Å²) < 4.78 is 0. The average Bonchev–Trinajstić information content (AvgIpc) is 2.24. The van der Waals surface area contributed by atoms with E-state index in [1.54, 1.807) is 0 Å². The molecule has 0 aromatic heterocycles. The Morgan fingerprint density at radius 3 is 2.75 bits per heavy atom. The largest absolute Gasteiger partial charge is 0.352 e. The highest BCUT2D eigenvalue weighted by Crippen LogP contribution is 2.23. The van der Waals surface area contributed by atoms with Gasteiger partial charge in [-0.25, -0.2) is 9.98 Å². The van der Waals surface area contributed by atoms with Crippen LogP contribution in [0, 0.1) is 11.8 Å². The first-order chi connectivity index (χ1) is 7.65. The number of guanidine groups is 1. The quantitative estimate of drug-likeness (QED) is 0.726. The molecule has 4 atom stereocenters. The van der Waals surface area contributed by atoms with Gasteiger partial charge in [-0.05, 0) is 25.7 Å². The zero-order chi connectivity index (χ0) is 11.5. The van der Waals surface area contributed by atoms with Crippen molar-refractivity contribution >= 4 is 12.2 Å². The topological polar surface area (TPSA) is 36.8 Å². The monoisotopic (exact) mass is 221 g/mol. The van der Waals surface area contributed by atoms with Crippen molar-refractivity contribution in [3.63, 3.8) is 0 Å². The van der Waals surface area contributed by atoms with Crippen LogP contribution < -0.4 is 5.32 Å². The molecule has 90 valence electrons. The van der Waals surface area contributed by atoms with Gasteiger partial charge in [0.1, 0.15) is 0 Å². The second-order valence-corrected chi connectivity index (χ2v) is 5.44. The molecular formula is C13H23N3. The molecule has 1 aliphatic carbocycles. The van der Waals surface area contributed by atoms with Gasteiger partial charge < -0.3 is 5.32 Å². The van der Waals surface area contributed by atoms with E-state index in [9.17, 15) is 0 Å². The third-order valence-electron chi connectivity index (χ3n) is 3.79. The van der Waals surface area contributed by atoms with Gasteiger partial charge in [0.25, 0.3) is 0 Å². The van der Waals surface area contributed by atoms with Crippen molar-refractivity contribution in [1.82, 2.24) is 5.32 Å². The molecule has 2 aliphatic rings. The van der Waals surface area contributed by atoms with Crippen LogP contribution in [0.3, 0.4) is 0 Å². The molecule has 16 heavy (non-hydrogen) atoms. The third-order valence-corrected chi connectivity index (χ3v) is 3.79. The first kappa shape index (κ1) is 11.6. The van der Waals surface area contributed by atoms with Crippen molar-refractivity contribution in [3.8, 4) is 0 Å². The van der Waals surface area contributed by atoms with Crippen LogP contribution in [0.4, 0.5) is 0 Å². The summed E-state index contributed by atoms with van der Waals surface area (Å²) in [6.45, 7) is 6.66. The van der Waals surface area contributed by atoms with Gasteiger partial charge in [-0.3, -0.25) is 0 Å². The maximum absolute atomic E-state index is 4.59. The van der Waals surface area contributed by atoms with Crippen LogP contribution >= 0.6 is 0 Å². The van der Waals surface area contributed by atoms with E-state index in [1.807, 2.05) is 6.21 Å². The third kappa shape index (κ3) is 2.83. The standard InChI is InChI=1S/C13H23N3/c1-9-5-4-6-12(7-9)16-13-14-8-10(2)11(3)15-13/h8-12H,4-7H2,1-3H3,(H,15,16)/t9-,10?,11?,12+/m0/s1. The fraction of sp³-hybridized carbons (Fsp3) is 0.846. The zero-order valence-corrected chi connectivity index (χ0v) is 10.6. The molecular weight excluding hydrogens is 198 g/mol. The molecule has 0 amide bonds. The van der Waals surface area contributed by atoms with Gasteiger partial charge >= 0.3 is 0 Å². The fourth-order valence-corrected chi connectivity index (χ4v) is 2.48. The first-order valence-corrected chi connectivity index (χ1v) is 6.53. The van der Waals surface area contributed by atoms with Gasteiger partial charge in [0.2, 0.25) is 5.96 Å². The molecule has 1 fully saturated rings. The second kappa shape index (κ2) is 4.98. The number of aliphatic imine (C=N–C) groups is 2. The number of hydrogen-bond acceptors (Lipinski definition) is 3. The maximum Gasteiger partial charge on any atom is 0.218 e. The van der Waals surface area contributed by atoms with Gasteiger partial charge in [0.15, 0.2) is 0 Å². The lowest BCUT2D eigenvalue weighted by molar-refractivity contribution is 0.325. The van der Waals surface area contributed by atoms with Crippen molar-refractivity contribution in [2.75, 3.05) is 0 Å². The van der Waals surface area contributed by atoms with E-state index in [0.29, 0.717) is 18.0 Å². The molecule has 0 radical (unpaired) electrons. The van der Waals surface area contributed by atoms with Crippen LogP contribution in [0.1, 0.15) is 46.5 Å². The smallest absolute Gasteiger partial charge is 0.218 e. The Morgan fingerprint density at radius 1 is 1.25 bits per heavy atom. The predicted octanol–water partition coefficient (Wildman–Crippen LogP) is 2.62. The van der Waals surface area contributed by atoms with Crippen molar-refractivity contribution in [1.29, 1.82) is 0 Å². The molecule has 0 saturated heterocycles. The van der Waals surface area contributed by atoms with Crippen LogP contribution in [0.25, 0.3) is 0 Å². The summed E-state index contributed by atoms with van der Waals surface area (Å²) in [6, 6.07) is 0.946. The van der Waals surface area contributed by atoms with Gasteiger partial charge in [-0.1, -0.05) is 26.7 Å². The van der Waals surface area contributed by atoms with E-state index in [2.05, 4.69) is 36.1 Å². The van der Waals surface area contributed by atoms with Crippen LogP contribution in [0.2, 0.25) is 0 Å². The van der Waals surface area contributed by atoms with E-state index in [1.165, 1.54) is 25.7 Å². The molecule has 2 unspecified atom stereocenters. The van der Waals surface area contributed by atoms with E-state index in [0.717, 1.165) is 11.9 Å². The molecule has 0 bridgehead atoms. The lowest BCUT2D eigenvalue weighted by Crippen LogP contribution is -2.39. The van der Waals surface area contributed by atoms with Crippen LogP contribution in [-0.2, 0) is 0 Å². The first-order valence-electron chi connectivity index (χ1n) is 6.53. The number of hydrogen-bond donors (Lipinski definition) is 1. The van der Waals surface area contributed by atoms with Crippen LogP contribution in [-0.4, -0.2) is 24.3 Å². The lowest BCUT2D eigenvalue weighted by Gasteiger charge is -2.29. The Labute approximate surface area is 98.4 Å². The van der Waals surface area contributed by atoms with Crippen molar-refractivity contribution in [2.45, 2.75) is 58.5 Å². The van der Waals surface area contributed by atoms with Crippen molar-refractivity contribution in [2.24, 2.45) is 21.8 Å². The average molecular weight is 221 g/mol. The molecule has 0 spiro atoms. The summed E-state index contributed by atoms with van der Waals surface area (Å²) in [5.41, 5.74) is 0. The van der Waals surface area contributed by atoms with E-state index in [-0.39, 0.29) is 0 Å². The molecule has 3 nitrogen and oxygen atoms in total. The minimum Gasteiger partial charge on any atom is -0.352 e. The minimum atomic E-state index is 0.362. The highest BCUT2D eigenvalue weighted by Gasteiger charge is 2.21. The molecule has 1 aliphatic heterocycles. The number of rotatable bonds is 1. The van der Waals surface area contributed by atoms with Gasteiger partial charge in [-0.2, -0.15) is 0 Å². The summed E-state index contributed by atoms with van der Waals surface area (Å²) in [5, 5.41) is 3.49. The Bertz CT molecular complexity index is 296. The number of nitrogens with one attached hydrogen (secondary N) is 1. The van der Waals surface area contributed by atoms with Crippen LogP contribution in [0.15, 0.2) is 9.98 Å². The van der Waals surface area contributed by atoms with Gasteiger partial charge in [0, 0.05) is 18.2 Å². The van der Waals surface area contributed by atoms with E-state index < -0.39 is 0 Å². The van der Waals surface area contributed by atoms with E-state index in [4.69, 9.17) is 0 Å². The normalized spacial score (nSPS) is 39.3. The summed E-state index contributed by atoms with van der Waals surface area (Å²) in [5.74, 6) is 2.16. The highest BCUT2D eigenvalue weighted by molar-refractivity contribution is 5.90. The molecule has 1 saturated carbocycles. The Hall–Kier alpha value is -0.860. The molecule has 3 heteroatoms. The zero-order valence-electron chi connectivity index (χ0n) is 10.6. The van der Waals surface area contributed by atoms with Crippen molar-refractivity contribution < 1.29 is 0 Å². The lowest BCUT2D eigenvalue weighted by atomic mass is 9.87. The van der Waals surface area contributed by atoms with Gasteiger partial charge in [0.05, 0.1) is 6.04 Å². The maximum atomic E-state index is 4.59. The summed E-state index contributed by atoms with van der Waals surface area (Å²) in [7, 11) is 0. The summed E-state index contributed by atoms with van der Waals surface area (Å²) in [4.78, 5) is 8.98. The fourth-order valence-electron chi connectivity index (χ4n) is 2.48. The highest BCUT2D eigenvalue weighted by atomic mass is 15.2. The van der Waals surface area contributed by atoms with Crippen molar-refractivity contribution in [3.05, 3.63) is 0 Å². The van der Waals surface area contributed by atoms with E-state index >= 15 is 0 Å². The Balaban J connectivity index is 1.90. The summed E-state index contributed by atoms with van der Waals surface area (Å²) >= 11 is 0. The summed E-state index contributed by atoms with van der Waals surface area (Å²) in [6.07, 6.45) is 7.26. The SMILES string of the molecule is CC1C=NC(N[C@@H]2CCC[C@H](C)C2)=NC1C. The van der Waals surface area contributed by atoms with Gasteiger partial charge in [-0.15, -0.1) is 0 Å².